The standard InChI is InChI=1S/C19H23N3O3/c1-25-18-9-5-2-6-15(18)20-19(24)14-21-10-12-22(13-11-21)16-7-3-4-8-17(16)23/h2-9,23H,10-14H2,1H3,(H,20,24). The number of nitrogens with zero attached hydrogens (tertiary/aromatic N) is 2. The minimum absolute atomic E-state index is 0.0551. The van der Waals surface area contributed by atoms with Gasteiger partial charge in [0.25, 0.3) is 0 Å². The average Bonchev–Trinajstić information content (AvgIpc) is 2.63. The highest BCUT2D eigenvalue weighted by Crippen LogP contribution is 2.27. The van der Waals surface area contributed by atoms with Gasteiger partial charge < -0.3 is 20.1 Å². The number of phenols is 1. The van der Waals surface area contributed by atoms with E-state index in [1.807, 2.05) is 42.5 Å². The highest BCUT2D eigenvalue weighted by molar-refractivity contribution is 5.93. The van der Waals surface area contributed by atoms with E-state index >= 15 is 0 Å². The van der Waals surface area contributed by atoms with Crippen molar-refractivity contribution < 1.29 is 14.6 Å². The number of ether oxygens (including phenoxy) is 1. The first-order valence-electron chi connectivity index (χ1n) is 8.35. The molecular formula is C19H23N3O3. The summed E-state index contributed by atoms with van der Waals surface area (Å²) in [6.07, 6.45) is 0. The zero-order chi connectivity index (χ0) is 17.6. The number of carbonyl (C=O) groups excluding carboxylic acids is 1. The molecule has 6 nitrogen and oxygen atoms in total. The monoisotopic (exact) mass is 341 g/mol. The first kappa shape index (κ1) is 17.1. The molecule has 0 aliphatic carbocycles. The molecule has 0 radical (unpaired) electrons. The Labute approximate surface area is 147 Å². The van der Waals surface area contributed by atoms with Gasteiger partial charge in [-0.25, -0.2) is 0 Å². The Hall–Kier alpha value is -2.73. The Bertz CT molecular complexity index is 727. The van der Waals surface area contributed by atoms with Crippen LogP contribution in [0.3, 0.4) is 0 Å². The second-order valence-electron chi connectivity index (χ2n) is 6.00. The highest BCUT2D eigenvalue weighted by atomic mass is 16.5. The van der Waals surface area contributed by atoms with Gasteiger partial charge in [-0.3, -0.25) is 9.69 Å². The largest absolute Gasteiger partial charge is 0.506 e. The van der Waals surface area contributed by atoms with Crippen molar-refractivity contribution in [1.29, 1.82) is 0 Å². The van der Waals surface area contributed by atoms with E-state index in [2.05, 4.69) is 15.1 Å². The van der Waals surface area contributed by atoms with E-state index in [1.54, 1.807) is 13.2 Å². The van der Waals surface area contributed by atoms with Crippen LogP contribution in [-0.4, -0.2) is 55.7 Å². The fourth-order valence-electron chi connectivity index (χ4n) is 3.02. The molecule has 0 saturated carbocycles. The summed E-state index contributed by atoms with van der Waals surface area (Å²) in [6, 6.07) is 14.7. The number of anilines is 2. The molecular weight excluding hydrogens is 318 g/mol. The molecule has 1 heterocycles. The molecule has 1 saturated heterocycles. The smallest absolute Gasteiger partial charge is 0.238 e. The topological polar surface area (TPSA) is 65.0 Å². The van der Waals surface area contributed by atoms with Crippen molar-refractivity contribution in [3.8, 4) is 11.5 Å². The van der Waals surface area contributed by atoms with Gasteiger partial charge in [-0.15, -0.1) is 0 Å². The molecule has 3 rings (SSSR count). The van der Waals surface area contributed by atoms with Gasteiger partial charge in [-0.05, 0) is 24.3 Å². The molecule has 2 N–H and O–H groups in total. The molecule has 0 bridgehead atoms. The van der Waals surface area contributed by atoms with Crippen molar-refractivity contribution in [2.75, 3.05) is 50.1 Å². The molecule has 0 aromatic heterocycles. The van der Waals surface area contributed by atoms with E-state index < -0.39 is 0 Å². The number of hydrogen-bond donors (Lipinski definition) is 2. The number of piperazine rings is 1. The number of hydrogen-bond acceptors (Lipinski definition) is 5. The molecule has 2 aromatic carbocycles. The lowest BCUT2D eigenvalue weighted by Gasteiger charge is -2.35. The van der Waals surface area contributed by atoms with E-state index in [4.69, 9.17) is 4.74 Å². The number of methoxy groups -OCH3 is 1. The molecule has 25 heavy (non-hydrogen) atoms. The molecule has 1 fully saturated rings. The Morgan fingerprint density at radius 3 is 2.48 bits per heavy atom. The average molecular weight is 341 g/mol. The summed E-state index contributed by atoms with van der Waals surface area (Å²) in [5.74, 6) is 0.894. The van der Waals surface area contributed by atoms with Crippen LogP contribution in [0.4, 0.5) is 11.4 Å². The summed E-state index contributed by atoms with van der Waals surface area (Å²) in [5.41, 5.74) is 1.53. The SMILES string of the molecule is COc1ccccc1NC(=O)CN1CCN(c2ccccc2O)CC1. The molecule has 0 atom stereocenters. The lowest BCUT2D eigenvalue weighted by atomic mass is 10.2. The normalized spacial score (nSPS) is 15.0. The van der Waals surface area contributed by atoms with Crippen molar-refractivity contribution in [2.45, 2.75) is 0 Å². The van der Waals surface area contributed by atoms with Crippen LogP contribution in [0.2, 0.25) is 0 Å². The van der Waals surface area contributed by atoms with Gasteiger partial charge in [-0.2, -0.15) is 0 Å². The van der Waals surface area contributed by atoms with E-state index in [1.165, 1.54) is 0 Å². The number of aromatic hydroxyl groups is 1. The molecule has 1 aliphatic heterocycles. The van der Waals surface area contributed by atoms with Crippen molar-refractivity contribution in [2.24, 2.45) is 0 Å². The van der Waals surface area contributed by atoms with Crippen LogP contribution in [-0.2, 0) is 4.79 Å². The van der Waals surface area contributed by atoms with Gasteiger partial charge in [0, 0.05) is 26.2 Å². The van der Waals surface area contributed by atoms with Crippen LogP contribution in [0.25, 0.3) is 0 Å². The van der Waals surface area contributed by atoms with Crippen molar-refractivity contribution in [3.63, 3.8) is 0 Å². The van der Waals surface area contributed by atoms with Gasteiger partial charge in [0.1, 0.15) is 11.5 Å². The number of para-hydroxylation sites is 4. The van der Waals surface area contributed by atoms with Crippen molar-refractivity contribution in [3.05, 3.63) is 48.5 Å². The number of benzene rings is 2. The molecule has 1 aliphatic rings. The molecule has 132 valence electrons. The first-order valence-corrected chi connectivity index (χ1v) is 8.35. The van der Waals surface area contributed by atoms with Crippen LogP contribution in [0.5, 0.6) is 11.5 Å². The molecule has 2 aromatic rings. The maximum Gasteiger partial charge on any atom is 0.238 e. The van der Waals surface area contributed by atoms with Crippen molar-refractivity contribution >= 4 is 17.3 Å². The van der Waals surface area contributed by atoms with Gasteiger partial charge >= 0.3 is 0 Å². The second kappa shape index (κ2) is 7.90. The molecule has 6 heteroatoms. The van der Waals surface area contributed by atoms with Crippen LogP contribution >= 0.6 is 0 Å². The maximum atomic E-state index is 12.3. The number of nitrogens with one attached hydrogen (secondary N) is 1. The van der Waals surface area contributed by atoms with Gasteiger partial charge in [0.15, 0.2) is 0 Å². The molecule has 1 amide bonds. The van der Waals surface area contributed by atoms with Gasteiger partial charge in [0.05, 0.1) is 25.0 Å². The summed E-state index contributed by atoms with van der Waals surface area (Å²) < 4.78 is 5.25. The Morgan fingerprint density at radius 2 is 1.76 bits per heavy atom. The minimum atomic E-state index is -0.0551. The third-order valence-corrected chi connectivity index (χ3v) is 4.34. The maximum absolute atomic E-state index is 12.3. The van der Waals surface area contributed by atoms with E-state index in [0.29, 0.717) is 23.7 Å². The highest BCUT2D eigenvalue weighted by Gasteiger charge is 2.21. The minimum Gasteiger partial charge on any atom is -0.506 e. The van der Waals surface area contributed by atoms with Gasteiger partial charge in [0.2, 0.25) is 5.91 Å². The predicted octanol–water partition coefficient (Wildman–Crippen LogP) is 2.16. The summed E-state index contributed by atoms with van der Waals surface area (Å²) in [6.45, 7) is 3.44. The number of rotatable bonds is 5. The second-order valence-corrected chi connectivity index (χ2v) is 6.00. The van der Waals surface area contributed by atoms with E-state index in [-0.39, 0.29) is 5.91 Å². The fourth-order valence-corrected chi connectivity index (χ4v) is 3.02. The summed E-state index contributed by atoms with van der Waals surface area (Å²) >= 11 is 0. The lowest BCUT2D eigenvalue weighted by Crippen LogP contribution is -2.48. The molecule has 0 spiro atoms. The van der Waals surface area contributed by atoms with Gasteiger partial charge in [-0.1, -0.05) is 24.3 Å². The Kier molecular flexibility index (Phi) is 5.40. The van der Waals surface area contributed by atoms with Crippen LogP contribution in [0, 0.1) is 0 Å². The number of amides is 1. The summed E-state index contributed by atoms with van der Waals surface area (Å²) in [5, 5.41) is 12.9. The fraction of sp³-hybridized carbons (Fsp3) is 0.316. The first-order chi connectivity index (χ1) is 12.2. The van der Waals surface area contributed by atoms with E-state index in [9.17, 15) is 9.90 Å². The number of phenolic OH excluding ortho intramolecular Hbond substituents is 1. The molecule has 0 unspecified atom stereocenters. The summed E-state index contributed by atoms with van der Waals surface area (Å²) in [4.78, 5) is 16.5. The third kappa shape index (κ3) is 4.22. The number of carbonyl (C=O) groups is 1. The third-order valence-electron chi connectivity index (χ3n) is 4.34. The Morgan fingerprint density at radius 1 is 1.08 bits per heavy atom. The quantitative estimate of drug-likeness (QED) is 0.872. The van der Waals surface area contributed by atoms with Crippen LogP contribution < -0.4 is 15.0 Å². The van der Waals surface area contributed by atoms with Crippen molar-refractivity contribution in [1.82, 2.24) is 4.90 Å². The van der Waals surface area contributed by atoms with Crippen LogP contribution in [0.1, 0.15) is 0 Å². The van der Waals surface area contributed by atoms with E-state index in [0.717, 1.165) is 31.9 Å². The van der Waals surface area contributed by atoms with Crippen LogP contribution in [0.15, 0.2) is 48.5 Å². The lowest BCUT2D eigenvalue weighted by molar-refractivity contribution is -0.117. The zero-order valence-electron chi connectivity index (χ0n) is 14.3. The Balaban J connectivity index is 1.52. The summed E-state index contributed by atoms with van der Waals surface area (Å²) in [7, 11) is 1.59. The zero-order valence-corrected chi connectivity index (χ0v) is 14.3. The predicted molar refractivity (Wildman–Crippen MR) is 98.4 cm³/mol.